The smallest absolute Gasteiger partial charge is 0.328 e. The van der Waals surface area contributed by atoms with Crippen LogP contribution in [0.1, 0.15) is 20.8 Å². The van der Waals surface area contributed by atoms with Gasteiger partial charge in [0.1, 0.15) is 0 Å². The molecule has 1 saturated heterocycles. The number of ether oxygens (including phenoxy) is 3. The molecule has 6 heteroatoms. The van der Waals surface area contributed by atoms with Crippen LogP contribution < -0.4 is 0 Å². The zero-order valence-electron chi connectivity index (χ0n) is 9.61. The van der Waals surface area contributed by atoms with E-state index < -0.39 is 23.1 Å². The second kappa shape index (κ2) is 4.39. The maximum Gasteiger partial charge on any atom is 0.328 e. The Balaban J connectivity index is 2.85. The molecule has 0 atom stereocenters. The Morgan fingerprint density at radius 3 is 2.19 bits per heavy atom. The predicted molar refractivity (Wildman–Crippen MR) is 52.7 cm³/mol. The molecule has 92 valence electrons. The third-order valence-electron chi connectivity index (χ3n) is 2.41. The number of aliphatic carboxylic acids is 1. The van der Waals surface area contributed by atoms with Crippen molar-refractivity contribution >= 4 is 11.9 Å². The molecule has 16 heavy (non-hydrogen) atoms. The Morgan fingerprint density at radius 2 is 1.81 bits per heavy atom. The molecule has 0 aromatic heterocycles. The van der Waals surface area contributed by atoms with Crippen molar-refractivity contribution < 1.29 is 28.9 Å². The fraction of sp³-hybridized carbons (Fsp3) is 0.800. The number of hydrogen-bond donors (Lipinski definition) is 1. The zero-order chi connectivity index (χ0) is 12.4. The van der Waals surface area contributed by atoms with Gasteiger partial charge in [-0.15, -0.1) is 0 Å². The third-order valence-corrected chi connectivity index (χ3v) is 2.41. The maximum absolute atomic E-state index is 11.6. The van der Waals surface area contributed by atoms with Crippen molar-refractivity contribution in [1.82, 2.24) is 0 Å². The van der Waals surface area contributed by atoms with E-state index in [1.165, 1.54) is 0 Å². The van der Waals surface area contributed by atoms with Crippen LogP contribution in [0.4, 0.5) is 0 Å². The van der Waals surface area contributed by atoms with Crippen molar-refractivity contribution in [1.29, 1.82) is 0 Å². The molecule has 1 fully saturated rings. The van der Waals surface area contributed by atoms with Crippen LogP contribution in [-0.4, -0.2) is 42.7 Å². The minimum atomic E-state index is -1.74. The highest BCUT2D eigenvalue weighted by Gasteiger charge is 2.53. The Labute approximate surface area is 93.5 Å². The molecule has 1 N–H and O–H groups in total. The topological polar surface area (TPSA) is 82.1 Å². The lowest BCUT2D eigenvalue weighted by molar-refractivity contribution is -0.282. The molecule has 0 bridgehead atoms. The van der Waals surface area contributed by atoms with E-state index in [-0.39, 0.29) is 19.8 Å². The molecule has 1 aliphatic rings. The second-order valence-corrected chi connectivity index (χ2v) is 4.08. The summed E-state index contributed by atoms with van der Waals surface area (Å²) in [6.07, 6.45) is 0. The molecule has 1 aliphatic heterocycles. The van der Waals surface area contributed by atoms with Gasteiger partial charge in [-0.05, 0) is 20.8 Å². The van der Waals surface area contributed by atoms with Crippen LogP contribution in [0.3, 0.4) is 0 Å². The van der Waals surface area contributed by atoms with Gasteiger partial charge in [-0.3, -0.25) is 9.59 Å². The molecule has 0 aromatic carbocycles. The summed E-state index contributed by atoms with van der Waals surface area (Å²) >= 11 is 0. The van der Waals surface area contributed by atoms with Crippen molar-refractivity contribution in [3.63, 3.8) is 0 Å². The normalized spacial score (nSPS) is 22.4. The molecular formula is C10H16O6. The van der Waals surface area contributed by atoms with Gasteiger partial charge in [-0.25, -0.2) is 0 Å². The average molecular weight is 232 g/mol. The summed E-state index contributed by atoms with van der Waals surface area (Å²) < 4.78 is 15.1. The van der Waals surface area contributed by atoms with Crippen LogP contribution in [0.25, 0.3) is 0 Å². The number of hydrogen-bond acceptors (Lipinski definition) is 5. The summed E-state index contributed by atoms with van der Waals surface area (Å²) in [5.74, 6) is -2.98. The van der Waals surface area contributed by atoms with E-state index in [4.69, 9.17) is 19.3 Å². The van der Waals surface area contributed by atoms with Gasteiger partial charge in [-0.2, -0.15) is 0 Å². The molecule has 0 spiro atoms. The number of carbonyl (C=O) groups excluding carboxylic acids is 1. The highest BCUT2D eigenvalue weighted by molar-refractivity contribution is 5.99. The molecule has 1 rings (SSSR count). The van der Waals surface area contributed by atoms with E-state index in [2.05, 4.69) is 0 Å². The maximum atomic E-state index is 11.6. The fourth-order valence-electron chi connectivity index (χ4n) is 1.28. The van der Waals surface area contributed by atoms with Gasteiger partial charge < -0.3 is 19.3 Å². The standard InChI is InChI=1S/C10H16O6/c1-4-14-8(13)10(7(11)12)5-15-9(2,3)16-6-10/h4-6H2,1-3H3,(H,11,12). The van der Waals surface area contributed by atoms with Gasteiger partial charge in [0.05, 0.1) is 19.8 Å². The summed E-state index contributed by atoms with van der Waals surface area (Å²) in [6, 6.07) is 0. The summed E-state index contributed by atoms with van der Waals surface area (Å²) in [4.78, 5) is 22.8. The fourth-order valence-corrected chi connectivity index (χ4v) is 1.28. The highest BCUT2D eigenvalue weighted by atomic mass is 16.7. The first-order valence-electron chi connectivity index (χ1n) is 5.02. The summed E-state index contributed by atoms with van der Waals surface area (Å²) in [6.45, 7) is 4.56. The monoisotopic (exact) mass is 232 g/mol. The van der Waals surface area contributed by atoms with Gasteiger partial charge in [0, 0.05) is 0 Å². The zero-order valence-corrected chi connectivity index (χ0v) is 9.61. The quantitative estimate of drug-likeness (QED) is 0.560. The third kappa shape index (κ3) is 2.33. The Morgan fingerprint density at radius 1 is 1.31 bits per heavy atom. The summed E-state index contributed by atoms with van der Waals surface area (Å²) in [5.41, 5.74) is -1.74. The SMILES string of the molecule is CCOC(=O)C1(C(=O)O)COC(C)(C)OC1. The number of carbonyl (C=O) groups is 2. The largest absolute Gasteiger partial charge is 0.480 e. The second-order valence-electron chi connectivity index (χ2n) is 4.08. The number of rotatable bonds is 3. The molecule has 0 radical (unpaired) electrons. The van der Waals surface area contributed by atoms with Crippen LogP contribution in [0.2, 0.25) is 0 Å². The highest BCUT2D eigenvalue weighted by Crippen LogP contribution is 2.31. The molecular weight excluding hydrogens is 216 g/mol. The number of esters is 1. The Kier molecular flexibility index (Phi) is 3.54. The minimum absolute atomic E-state index is 0.122. The van der Waals surface area contributed by atoms with Crippen LogP contribution in [0.15, 0.2) is 0 Å². The first-order valence-corrected chi connectivity index (χ1v) is 5.02. The van der Waals surface area contributed by atoms with Crippen LogP contribution in [0.5, 0.6) is 0 Å². The molecule has 0 aromatic rings. The first-order chi connectivity index (χ1) is 7.34. The molecule has 6 nitrogen and oxygen atoms in total. The van der Waals surface area contributed by atoms with Gasteiger partial charge in [0.2, 0.25) is 5.41 Å². The van der Waals surface area contributed by atoms with Crippen LogP contribution in [-0.2, 0) is 23.8 Å². The molecule has 0 amide bonds. The Bertz CT molecular complexity index is 286. The van der Waals surface area contributed by atoms with Crippen molar-refractivity contribution in [3.8, 4) is 0 Å². The van der Waals surface area contributed by atoms with Gasteiger partial charge in [0.15, 0.2) is 5.79 Å². The van der Waals surface area contributed by atoms with Crippen molar-refractivity contribution in [2.24, 2.45) is 5.41 Å². The summed E-state index contributed by atoms with van der Waals surface area (Å²) in [5, 5.41) is 9.10. The molecule has 1 heterocycles. The lowest BCUT2D eigenvalue weighted by atomic mass is 9.89. The van der Waals surface area contributed by atoms with Crippen molar-refractivity contribution in [2.75, 3.05) is 19.8 Å². The number of carboxylic acid groups (broad SMARTS) is 1. The van der Waals surface area contributed by atoms with Crippen molar-refractivity contribution in [3.05, 3.63) is 0 Å². The number of carboxylic acids is 1. The van der Waals surface area contributed by atoms with Gasteiger partial charge in [0.25, 0.3) is 0 Å². The predicted octanol–water partition coefficient (Wildman–Crippen LogP) is 0.403. The van der Waals surface area contributed by atoms with E-state index in [0.29, 0.717) is 0 Å². The Hall–Kier alpha value is -1.14. The van der Waals surface area contributed by atoms with Crippen LogP contribution in [0, 0.1) is 5.41 Å². The van der Waals surface area contributed by atoms with E-state index in [1.807, 2.05) is 0 Å². The molecule has 0 aliphatic carbocycles. The molecule has 0 unspecified atom stereocenters. The lowest BCUT2D eigenvalue weighted by Crippen LogP contribution is -2.55. The lowest BCUT2D eigenvalue weighted by Gasteiger charge is -2.39. The van der Waals surface area contributed by atoms with E-state index >= 15 is 0 Å². The van der Waals surface area contributed by atoms with E-state index in [9.17, 15) is 9.59 Å². The van der Waals surface area contributed by atoms with Crippen molar-refractivity contribution in [2.45, 2.75) is 26.6 Å². The average Bonchev–Trinajstić information content (AvgIpc) is 2.18. The van der Waals surface area contributed by atoms with Crippen LogP contribution >= 0.6 is 0 Å². The summed E-state index contributed by atoms with van der Waals surface area (Å²) in [7, 11) is 0. The van der Waals surface area contributed by atoms with E-state index in [0.717, 1.165) is 0 Å². The van der Waals surface area contributed by atoms with E-state index in [1.54, 1.807) is 20.8 Å². The molecule has 0 saturated carbocycles. The van der Waals surface area contributed by atoms with Gasteiger partial charge in [-0.1, -0.05) is 0 Å². The van der Waals surface area contributed by atoms with Gasteiger partial charge >= 0.3 is 11.9 Å². The first kappa shape index (κ1) is 12.9. The minimum Gasteiger partial charge on any atom is -0.480 e.